The number of hydrogen-bond acceptors (Lipinski definition) is 3. The van der Waals surface area contributed by atoms with Crippen molar-refractivity contribution >= 4 is 8.25 Å². The van der Waals surface area contributed by atoms with Gasteiger partial charge in [0.1, 0.15) is 0 Å². The van der Waals surface area contributed by atoms with Crippen molar-refractivity contribution in [2.24, 2.45) is 5.41 Å². The maximum Gasteiger partial charge on any atom is 0.319 e. The van der Waals surface area contributed by atoms with Gasteiger partial charge >= 0.3 is 8.25 Å². The first-order valence-corrected chi connectivity index (χ1v) is 5.69. The molecule has 0 aromatic rings. The van der Waals surface area contributed by atoms with Gasteiger partial charge in [-0.1, -0.05) is 18.1 Å². The van der Waals surface area contributed by atoms with Gasteiger partial charge in [-0.15, -0.1) is 6.42 Å². The van der Waals surface area contributed by atoms with E-state index in [-0.39, 0.29) is 12.0 Å². The Morgan fingerprint density at radius 3 is 2.64 bits per heavy atom. The monoisotopic (exact) mass is 216 g/mol. The normalized spacial score (nSPS) is 14.1. The lowest BCUT2D eigenvalue weighted by Crippen LogP contribution is -2.02. The summed E-state index contributed by atoms with van der Waals surface area (Å²) in [4.78, 5) is 0. The lowest BCUT2D eigenvalue weighted by molar-refractivity contribution is 0.251. The highest BCUT2D eigenvalue weighted by Crippen LogP contribution is 2.23. The summed E-state index contributed by atoms with van der Waals surface area (Å²) in [6.07, 6.45) is 8.87. The van der Waals surface area contributed by atoms with Crippen molar-refractivity contribution in [2.45, 2.75) is 20.8 Å². The molecule has 0 aromatic carbocycles. The molecule has 3 nitrogen and oxygen atoms in total. The quantitative estimate of drug-likeness (QED) is 0.389. The molecular weight excluding hydrogens is 199 g/mol. The molecule has 0 aliphatic rings. The molecule has 0 saturated carbocycles. The zero-order chi connectivity index (χ0) is 11.0. The summed E-state index contributed by atoms with van der Waals surface area (Å²) in [5.74, 6) is 2.61. The van der Waals surface area contributed by atoms with Crippen molar-refractivity contribution in [1.82, 2.24) is 0 Å². The molecule has 0 aliphatic heterocycles. The Labute approximate surface area is 86.4 Å². The third kappa shape index (κ3) is 6.91. The van der Waals surface area contributed by atoms with E-state index >= 15 is 0 Å². The second kappa shape index (κ2) is 6.84. The molecule has 0 saturated heterocycles. The lowest BCUT2D eigenvalue weighted by atomic mass is 9.95. The predicted octanol–water partition coefficient (Wildman–Crippen LogP) is 2.64. The Morgan fingerprint density at radius 1 is 1.50 bits per heavy atom. The molecule has 0 radical (unpaired) electrons. The smallest absolute Gasteiger partial charge is 0.311 e. The molecule has 4 heteroatoms. The summed E-state index contributed by atoms with van der Waals surface area (Å²) in [6.45, 7) is 6.26. The van der Waals surface area contributed by atoms with Crippen LogP contribution in [0.15, 0.2) is 12.2 Å². The van der Waals surface area contributed by atoms with Gasteiger partial charge < -0.3 is 9.05 Å². The third-order valence-corrected chi connectivity index (χ3v) is 2.39. The fraction of sp³-hybridized carbons (Fsp3) is 0.600. The summed E-state index contributed by atoms with van der Waals surface area (Å²) >= 11 is 0. The van der Waals surface area contributed by atoms with Crippen LogP contribution in [0.3, 0.4) is 0 Å². The van der Waals surface area contributed by atoms with Gasteiger partial charge in [-0.05, 0) is 20.8 Å². The van der Waals surface area contributed by atoms with E-state index in [4.69, 9.17) is 15.5 Å². The Morgan fingerprint density at radius 2 is 2.14 bits per heavy atom. The molecule has 0 amide bonds. The van der Waals surface area contributed by atoms with Crippen molar-refractivity contribution in [3.8, 4) is 12.3 Å². The zero-order valence-corrected chi connectivity index (χ0v) is 9.87. The van der Waals surface area contributed by atoms with Crippen LogP contribution in [-0.4, -0.2) is 13.2 Å². The Kier molecular flexibility index (Phi) is 6.57. The first-order chi connectivity index (χ1) is 6.52. The molecule has 0 fully saturated rings. The van der Waals surface area contributed by atoms with Crippen molar-refractivity contribution in [1.29, 1.82) is 0 Å². The highest BCUT2D eigenvalue weighted by atomic mass is 31.1. The van der Waals surface area contributed by atoms with Crippen LogP contribution in [0.2, 0.25) is 0 Å². The van der Waals surface area contributed by atoms with Crippen molar-refractivity contribution in [3.63, 3.8) is 0 Å². The molecule has 0 bridgehead atoms. The van der Waals surface area contributed by atoms with E-state index in [0.717, 1.165) is 0 Å². The van der Waals surface area contributed by atoms with Gasteiger partial charge in [-0.2, -0.15) is 0 Å². The second-order valence-corrected chi connectivity index (χ2v) is 4.34. The fourth-order valence-electron chi connectivity index (χ4n) is 0.667. The van der Waals surface area contributed by atoms with Gasteiger partial charge in [0, 0.05) is 5.41 Å². The third-order valence-electron chi connectivity index (χ3n) is 1.47. The highest BCUT2D eigenvalue weighted by molar-refractivity contribution is 7.33. The average Bonchev–Trinajstić information content (AvgIpc) is 2.13. The van der Waals surface area contributed by atoms with Gasteiger partial charge in [-0.25, -0.2) is 0 Å². The van der Waals surface area contributed by atoms with Gasteiger partial charge in [0.2, 0.25) is 0 Å². The first-order valence-electron chi connectivity index (χ1n) is 4.47. The van der Waals surface area contributed by atoms with Crippen LogP contribution in [0.4, 0.5) is 0 Å². The van der Waals surface area contributed by atoms with E-state index in [0.29, 0.717) is 6.61 Å². The minimum Gasteiger partial charge on any atom is -0.311 e. The molecule has 0 aromatic heterocycles. The van der Waals surface area contributed by atoms with Crippen LogP contribution in [-0.2, 0) is 13.6 Å². The number of rotatable bonds is 6. The molecule has 0 heterocycles. The van der Waals surface area contributed by atoms with E-state index in [1.165, 1.54) is 0 Å². The maximum absolute atomic E-state index is 10.9. The molecule has 1 atom stereocenters. The van der Waals surface area contributed by atoms with E-state index < -0.39 is 8.25 Å². The van der Waals surface area contributed by atoms with Gasteiger partial charge in [0.05, 0.1) is 13.2 Å². The summed E-state index contributed by atoms with van der Waals surface area (Å²) in [6, 6.07) is 0. The molecule has 0 N–H and O–H groups in total. The minimum atomic E-state index is -2.32. The zero-order valence-electron chi connectivity index (χ0n) is 8.87. The van der Waals surface area contributed by atoms with E-state index in [9.17, 15) is 4.57 Å². The Bertz CT molecular complexity index is 251. The Balaban J connectivity index is 3.75. The van der Waals surface area contributed by atoms with E-state index in [2.05, 4.69) is 5.92 Å². The number of hydrogen-bond donors (Lipinski definition) is 0. The standard InChI is InChI=1S/C10H17O3P/c1-5-10(3,4)8-7-9-13-14(11)12-6-2/h1,7-8,14H,6,9H2,2-4H3. The van der Waals surface area contributed by atoms with Gasteiger partial charge in [0.15, 0.2) is 0 Å². The first kappa shape index (κ1) is 13.4. The molecule has 0 spiro atoms. The van der Waals surface area contributed by atoms with Gasteiger partial charge in [-0.3, -0.25) is 4.57 Å². The molecular formula is C10H17O3P. The lowest BCUT2D eigenvalue weighted by Gasteiger charge is -2.10. The molecule has 0 rings (SSSR count). The summed E-state index contributed by atoms with van der Waals surface area (Å²) in [7, 11) is -2.32. The van der Waals surface area contributed by atoms with Crippen LogP contribution in [0, 0.1) is 17.8 Å². The summed E-state index contributed by atoms with van der Waals surface area (Å²) in [5, 5.41) is 0. The van der Waals surface area contributed by atoms with Crippen LogP contribution < -0.4 is 0 Å². The summed E-state index contributed by atoms with van der Waals surface area (Å²) in [5.41, 5.74) is -0.287. The van der Waals surface area contributed by atoms with Crippen molar-refractivity contribution in [2.75, 3.05) is 13.2 Å². The van der Waals surface area contributed by atoms with E-state index in [1.54, 1.807) is 13.0 Å². The minimum absolute atomic E-state index is 0.267. The molecule has 0 aliphatic carbocycles. The van der Waals surface area contributed by atoms with Crippen LogP contribution in [0.25, 0.3) is 0 Å². The number of terminal acetylenes is 1. The van der Waals surface area contributed by atoms with Crippen LogP contribution >= 0.6 is 8.25 Å². The van der Waals surface area contributed by atoms with Crippen molar-refractivity contribution in [3.05, 3.63) is 12.2 Å². The number of allylic oxidation sites excluding steroid dienone is 1. The molecule has 80 valence electrons. The van der Waals surface area contributed by atoms with Crippen molar-refractivity contribution < 1.29 is 13.6 Å². The largest absolute Gasteiger partial charge is 0.319 e. The molecule has 14 heavy (non-hydrogen) atoms. The molecule has 1 unspecified atom stereocenters. The predicted molar refractivity (Wildman–Crippen MR) is 58.3 cm³/mol. The highest BCUT2D eigenvalue weighted by Gasteiger charge is 2.07. The van der Waals surface area contributed by atoms with E-state index in [1.807, 2.05) is 19.9 Å². The fourth-order valence-corrected chi connectivity index (χ4v) is 1.22. The SMILES string of the molecule is C#CC(C)(C)C=CCO[PH](=O)OCC. The van der Waals surface area contributed by atoms with Crippen LogP contribution in [0.5, 0.6) is 0 Å². The maximum atomic E-state index is 10.9. The second-order valence-electron chi connectivity index (χ2n) is 3.26. The van der Waals surface area contributed by atoms with Crippen LogP contribution in [0.1, 0.15) is 20.8 Å². The Hall–Kier alpha value is -0.550. The summed E-state index contributed by atoms with van der Waals surface area (Å²) < 4.78 is 20.5. The average molecular weight is 216 g/mol. The topological polar surface area (TPSA) is 35.5 Å². The van der Waals surface area contributed by atoms with Gasteiger partial charge in [0.25, 0.3) is 0 Å².